The van der Waals surface area contributed by atoms with Crippen LogP contribution < -0.4 is 10.6 Å². The number of morpholine rings is 1. The number of benzene rings is 1. The Morgan fingerprint density at radius 3 is 2.56 bits per heavy atom. The third-order valence-corrected chi connectivity index (χ3v) is 4.51. The minimum Gasteiger partial charge on any atom is -0.378 e. The number of rotatable bonds is 8. The highest BCUT2D eigenvalue weighted by molar-refractivity contribution is 5.87. The molecule has 1 saturated heterocycles. The SMILES string of the molecule is CCCC[C@@H](C#N)NC(=O)[C@H](Cc1ccccc1)NC(=O)N1CCOCC1. The average Bonchev–Trinajstić information content (AvgIpc) is 2.71. The van der Waals surface area contributed by atoms with E-state index in [1.807, 2.05) is 37.3 Å². The second-order valence-electron chi connectivity index (χ2n) is 6.62. The van der Waals surface area contributed by atoms with Crippen LogP contribution in [0.5, 0.6) is 0 Å². The summed E-state index contributed by atoms with van der Waals surface area (Å²) in [5, 5.41) is 14.9. The number of carbonyl (C=O) groups excluding carboxylic acids is 2. The van der Waals surface area contributed by atoms with E-state index in [9.17, 15) is 14.9 Å². The quantitative estimate of drug-likeness (QED) is 0.728. The maximum absolute atomic E-state index is 12.8. The maximum Gasteiger partial charge on any atom is 0.318 e. The van der Waals surface area contributed by atoms with Crippen LogP contribution in [-0.2, 0) is 16.0 Å². The van der Waals surface area contributed by atoms with Gasteiger partial charge in [-0.15, -0.1) is 0 Å². The lowest BCUT2D eigenvalue weighted by atomic mass is 10.0. The third-order valence-electron chi connectivity index (χ3n) is 4.51. The molecule has 2 N–H and O–H groups in total. The molecular formula is C20H28N4O3. The van der Waals surface area contributed by atoms with Gasteiger partial charge in [0.1, 0.15) is 12.1 Å². The second-order valence-corrected chi connectivity index (χ2v) is 6.62. The predicted molar refractivity (Wildman–Crippen MR) is 102 cm³/mol. The van der Waals surface area contributed by atoms with Gasteiger partial charge in [0, 0.05) is 19.5 Å². The Balaban J connectivity index is 2.04. The number of nitrogens with one attached hydrogen (secondary N) is 2. The first-order valence-corrected chi connectivity index (χ1v) is 9.51. The summed E-state index contributed by atoms with van der Waals surface area (Å²) in [5.74, 6) is -0.330. The zero-order valence-corrected chi connectivity index (χ0v) is 15.8. The summed E-state index contributed by atoms with van der Waals surface area (Å²) in [6, 6.07) is 10.1. The smallest absolute Gasteiger partial charge is 0.318 e. The van der Waals surface area contributed by atoms with Crippen molar-refractivity contribution in [2.75, 3.05) is 26.3 Å². The molecule has 7 heteroatoms. The van der Waals surface area contributed by atoms with Gasteiger partial charge >= 0.3 is 6.03 Å². The molecule has 146 valence electrons. The molecule has 0 aliphatic carbocycles. The van der Waals surface area contributed by atoms with E-state index in [-0.39, 0.29) is 11.9 Å². The molecule has 0 saturated carbocycles. The van der Waals surface area contributed by atoms with Crippen LogP contribution in [-0.4, -0.2) is 55.2 Å². The third kappa shape index (κ3) is 6.91. The Morgan fingerprint density at radius 1 is 1.22 bits per heavy atom. The number of unbranched alkanes of at least 4 members (excludes halogenated alkanes) is 1. The Kier molecular flexibility index (Phi) is 8.59. The first-order chi connectivity index (χ1) is 13.1. The summed E-state index contributed by atoms with van der Waals surface area (Å²) in [6.45, 7) is 4.04. The fourth-order valence-corrected chi connectivity index (χ4v) is 2.92. The van der Waals surface area contributed by atoms with Gasteiger partial charge in [0.05, 0.1) is 19.3 Å². The molecule has 1 aromatic carbocycles. The zero-order chi connectivity index (χ0) is 19.5. The van der Waals surface area contributed by atoms with Crippen molar-refractivity contribution in [1.82, 2.24) is 15.5 Å². The molecule has 2 rings (SSSR count). The van der Waals surface area contributed by atoms with Crippen LogP contribution >= 0.6 is 0 Å². The molecule has 1 aromatic rings. The van der Waals surface area contributed by atoms with Crippen LogP contribution in [0.15, 0.2) is 30.3 Å². The van der Waals surface area contributed by atoms with Crippen LogP contribution in [0.1, 0.15) is 31.7 Å². The summed E-state index contributed by atoms with van der Waals surface area (Å²) in [6.07, 6.45) is 2.79. The Labute approximate surface area is 160 Å². The lowest BCUT2D eigenvalue weighted by Gasteiger charge is -2.29. The summed E-state index contributed by atoms with van der Waals surface area (Å²) in [7, 11) is 0. The van der Waals surface area contributed by atoms with Crippen LogP contribution in [0.2, 0.25) is 0 Å². The first kappa shape index (κ1) is 20.7. The van der Waals surface area contributed by atoms with Crippen molar-refractivity contribution >= 4 is 11.9 Å². The molecule has 2 atom stereocenters. The Morgan fingerprint density at radius 2 is 1.93 bits per heavy atom. The number of nitriles is 1. The van der Waals surface area contributed by atoms with Gasteiger partial charge in [-0.25, -0.2) is 4.79 Å². The number of hydrogen-bond donors (Lipinski definition) is 2. The molecule has 7 nitrogen and oxygen atoms in total. The average molecular weight is 372 g/mol. The molecule has 0 bridgehead atoms. The summed E-state index contributed by atoms with van der Waals surface area (Å²) < 4.78 is 5.27. The van der Waals surface area contributed by atoms with Crippen molar-refractivity contribution in [2.45, 2.75) is 44.7 Å². The van der Waals surface area contributed by atoms with E-state index in [0.29, 0.717) is 39.1 Å². The van der Waals surface area contributed by atoms with E-state index in [2.05, 4.69) is 16.7 Å². The highest BCUT2D eigenvalue weighted by atomic mass is 16.5. The lowest BCUT2D eigenvalue weighted by molar-refractivity contribution is -0.123. The van der Waals surface area contributed by atoms with Crippen molar-refractivity contribution < 1.29 is 14.3 Å². The molecule has 1 fully saturated rings. The van der Waals surface area contributed by atoms with Crippen LogP contribution in [0, 0.1) is 11.3 Å². The van der Waals surface area contributed by atoms with Crippen molar-refractivity contribution in [3.8, 4) is 6.07 Å². The van der Waals surface area contributed by atoms with Crippen LogP contribution in [0.4, 0.5) is 4.79 Å². The summed E-state index contributed by atoms with van der Waals surface area (Å²) in [5.41, 5.74) is 0.946. The van der Waals surface area contributed by atoms with Crippen molar-refractivity contribution in [3.63, 3.8) is 0 Å². The van der Waals surface area contributed by atoms with Gasteiger partial charge < -0.3 is 20.3 Å². The van der Waals surface area contributed by atoms with E-state index in [0.717, 1.165) is 18.4 Å². The van der Waals surface area contributed by atoms with Crippen molar-refractivity contribution in [1.29, 1.82) is 5.26 Å². The Hall–Kier alpha value is -2.59. The lowest BCUT2D eigenvalue weighted by Crippen LogP contribution is -2.55. The van der Waals surface area contributed by atoms with Crippen molar-refractivity contribution in [3.05, 3.63) is 35.9 Å². The van der Waals surface area contributed by atoms with E-state index in [1.54, 1.807) is 4.90 Å². The zero-order valence-electron chi connectivity index (χ0n) is 15.8. The van der Waals surface area contributed by atoms with E-state index < -0.39 is 12.1 Å². The molecule has 27 heavy (non-hydrogen) atoms. The molecule has 3 amide bonds. The number of ether oxygens (including phenoxy) is 1. The summed E-state index contributed by atoms with van der Waals surface area (Å²) in [4.78, 5) is 27.0. The highest BCUT2D eigenvalue weighted by Gasteiger charge is 2.26. The number of nitrogens with zero attached hydrogens (tertiary/aromatic N) is 2. The largest absolute Gasteiger partial charge is 0.378 e. The molecule has 0 spiro atoms. The number of carbonyl (C=O) groups is 2. The van der Waals surface area contributed by atoms with Gasteiger partial charge in [0.15, 0.2) is 0 Å². The van der Waals surface area contributed by atoms with Gasteiger partial charge in [-0.3, -0.25) is 4.79 Å². The van der Waals surface area contributed by atoms with Gasteiger partial charge in [-0.05, 0) is 12.0 Å². The van der Waals surface area contributed by atoms with Crippen LogP contribution in [0.25, 0.3) is 0 Å². The number of amides is 3. The monoisotopic (exact) mass is 372 g/mol. The standard InChI is InChI=1S/C20H28N4O3/c1-2-3-9-17(15-21)22-19(25)18(14-16-7-5-4-6-8-16)23-20(26)24-10-12-27-13-11-24/h4-8,17-18H,2-3,9-14H2,1H3,(H,22,25)(H,23,26)/t17-,18-/m0/s1. The van der Waals surface area contributed by atoms with E-state index >= 15 is 0 Å². The van der Waals surface area contributed by atoms with Gasteiger partial charge in [-0.2, -0.15) is 5.26 Å². The fraction of sp³-hybridized carbons (Fsp3) is 0.550. The summed E-state index contributed by atoms with van der Waals surface area (Å²) >= 11 is 0. The molecule has 0 radical (unpaired) electrons. The second kappa shape index (κ2) is 11.2. The maximum atomic E-state index is 12.8. The molecular weight excluding hydrogens is 344 g/mol. The van der Waals surface area contributed by atoms with Crippen molar-refractivity contribution in [2.24, 2.45) is 0 Å². The molecule has 0 unspecified atom stereocenters. The molecule has 1 aliphatic heterocycles. The number of urea groups is 1. The Bertz CT molecular complexity index is 638. The topological polar surface area (TPSA) is 94.5 Å². The van der Waals surface area contributed by atoms with Crippen LogP contribution in [0.3, 0.4) is 0 Å². The van der Waals surface area contributed by atoms with E-state index in [1.165, 1.54) is 0 Å². The first-order valence-electron chi connectivity index (χ1n) is 9.51. The minimum absolute atomic E-state index is 0.281. The van der Waals surface area contributed by atoms with Gasteiger partial charge in [0.2, 0.25) is 5.91 Å². The molecule has 1 aliphatic rings. The fourth-order valence-electron chi connectivity index (χ4n) is 2.92. The predicted octanol–water partition coefficient (Wildman–Crippen LogP) is 1.84. The number of hydrogen-bond acceptors (Lipinski definition) is 4. The highest BCUT2D eigenvalue weighted by Crippen LogP contribution is 2.07. The molecule has 1 heterocycles. The minimum atomic E-state index is -0.736. The van der Waals surface area contributed by atoms with Gasteiger partial charge in [0.25, 0.3) is 0 Å². The van der Waals surface area contributed by atoms with Gasteiger partial charge in [-0.1, -0.05) is 50.1 Å². The molecule has 0 aromatic heterocycles. The normalized spacial score (nSPS) is 16.1. The van der Waals surface area contributed by atoms with E-state index in [4.69, 9.17) is 4.74 Å².